The van der Waals surface area contributed by atoms with Crippen molar-refractivity contribution >= 4 is 0 Å². The van der Waals surface area contributed by atoms with Crippen molar-refractivity contribution in [1.29, 1.82) is 0 Å². The van der Waals surface area contributed by atoms with Gasteiger partial charge in [-0.1, -0.05) is 0 Å². The summed E-state index contributed by atoms with van der Waals surface area (Å²) < 4.78 is 16.1. The van der Waals surface area contributed by atoms with Gasteiger partial charge in [-0.15, -0.1) is 0 Å². The summed E-state index contributed by atoms with van der Waals surface area (Å²) in [5.74, 6) is -0.786. The molecule has 0 bridgehead atoms. The van der Waals surface area contributed by atoms with Crippen LogP contribution in [0.5, 0.6) is 0 Å². The summed E-state index contributed by atoms with van der Waals surface area (Å²) >= 11 is 0. The Hall–Kier alpha value is -0.240. The zero-order chi connectivity index (χ0) is 11.2. The second kappa shape index (κ2) is 3.65. The first-order chi connectivity index (χ1) is 6.94. The van der Waals surface area contributed by atoms with Gasteiger partial charge in [0.1, 0.15) is 24.4 Å². The Kier molecular flexibility index (Phi) is 2.74. The lowest BCUT2D eigenvalue weighted by Gasteiger charge is -2.24. The van der Waals surface area contributed by atoms with Crippen molar-refractivity contribution in [2.24, 2.45) is 0 Å². The fourth-order valence-corrected chi connectivity index (χ4v) is 1.94. The molecular formula is C9H16O6. The van der Waals surface area contributed by atoms with E-state index >= 15 is 0 Å². The summed E-state index contributed by atoms with van der Waals surface area (Å²) in [4.78, 5) is 0. The molecule has 0 aromatic rings. The molecular weight excluding hydrogens is 204 g/mol. The molecule has 6 nitrogen and oxygen atoms in total. The van der Waals surface area contributed by atoms with Gasteiger partial charge in [0.2, 0.25) is 0 Å². The average Bonchev–Trinajstić information content (AvgIpc) is 2.60. The largest absolute Gasteiger partial charge is 0.394 e. The minimum absolute atomic E-state index is 0.468. The lowest BCUT2D eigenvalue weighted by atomic mass is 10.1. The van der Waals surface area contributed by atoms with Crippen molar-refractivity contribution in [2.75, 3.05) is 6.61 Å². The summed E-state index contributed by atoms with van der Waals surface area (Å²) in [6, 6.07) is 0. The predicted molar refractivity (Wildman–Crippen MR) is 47.8 cm³/mol. The van der Waals surface area contributed by atoms with Crippen LogP contribution < -0.4 is 0 Å². The lowest BCUT2D eigenvalue weighted by molar-refractivity contribution is -0.227. The Morgan fingerprint density at radius 1 is 1.33 bits per heavy atom. The van der Waals surface area contributed by atoms with Crippen LogP contribution in [-0.2, 0) is 14.2 Å². The van der Waals surface area contributed by atoms with Crippen LogP contribution in [0.25, 0.3) is 0 Å². The van der Waals surface area contributed by atoms with E-state index in [1.54, 1.807) is 13.8 Å². The molecule has 2 fully saturated rings. The summed E-state index contributed by atoms with van der Waals surface area (Å²) in [5, 5.41) is 27.9. The summed E-state index contributed by atoms with van der Waals surface area (Å²) in [7, 11) is 0. The van der Waals surface area contributed by atoms with Gasteiger partial charge in [0.25, 0.3) is 0 Å². The van der Waals surface area contributed by atoms with Gasteiger partial charge in [0.05, 0.1) is 6.61 Å². The Morgan fingerprint density at radius 2 is 2.00 bits per heavy atom. The molecule has 15 heavy (non-hydrogen) atoms. The molecule has 3 N–H and O–H groups in total. The highest BCUT2D eigenvalue weighted by molar-refractivity contribution is 4.95. The number of aliphatic hydroxyl groups excluding tert-OH is 3. The monoisotopic (exact) mass is 220 g/mol. The molecule has 0 saturated carbocycles. The quantitative estimate of drug-likeness (QED) is 0.529. The Morgan fingerprint density at radius 3 is 2.53 bits per heavy atom. The first-order valence-corrected chi connectivity index (χ1v) is 4.93. The maximum atomic E-state index is 9.79. The molecule has 0 aromatic heterocycles. The molecule has 0 amide bonds. The highest BCUT2D eigenvalue weighted by atomic mass is 16.8. The van der Waals surface area contributed by atoms with Crippen LogP contribution in [0, 0.1) is 0 Å². The fraction of sp³-hybridized carbons (Fsp3) is 1.00. The number of rotatable bonds is 2. The maximum absolute atomic E-state index is 9.79. The van der Waals surface area contributed by atoms with E-state index in [0.29, 0.717) is 0 Å². The Balaban J connectivity index is 2.05. The first-order valence-electron chi connectivity index (χ1n) is 4.93. The molecule has 0 aromatic carbocycles. The molecule has 0 aliphatic carbocycles. The van der Waals surface area contributed by atoms with Gasteiger partial charge in [-0.25, -0.2) is 0 Å². The zero-order valence-electron chi connectivity index (χ0n) is 8.66. The minimum Gasteiger partial charge on any atom is -0.394 e. The van der Waals surface area contributed by atoms with Crippen molar-refractivity contribution < 1.29 is 29.5 Å². The van der Waals surface area contributed by atoms with Crippen LogP contribution in [0.3, 0.4) is 0 Å². The van der Waals surface area contributed by atoms with Crippen LogP contribution in [-0.4, -0.2) is 58.4 Å². The van der Waals surface area contributed by atoms with Gasteiger partial charge in [-0.05, 0) is 13.8 Å². The molecule has 2 aliphatic heterocycles. The van der Waals surface area contributed by atoms with Crippen LogP contribution in [0.2, 0.25) is 0 Å². The summed E-state index contributed by atoms with van der Waals surface area (Å²) in [6.07, 6.45) is -4.26. The van der Waals surface area contributed by atoms with E-state index in [0.717, 1.165) is 0 Å². The molecule has 2 heterocycles. The van der Waals surface area contributed by atoms with E-state index in [1.165, 1.54) is 0 Å². The van der Waals surface area contributed by atoms with Crippen molar-refractivity contribution in [2.45, 2.75) is 50.3 Å². The van der Waals surface area contributed by atoms with Crippen molar-refractivity contribution in [3.8, 4) is 0 Å². The molecule has 2 aliphatic rings. The van der Waals surface area contributed by atoms with E-state index in [4.69, 9.17) is 19.3 Å². The van der Waals surface area contributed by atoms with Gasteiger partial charge in [0.15, 0.2) is 12.1 Å². The summed E-state index contributed by atoms with van der Waals surface area (Å²) in [6.45, 7) is 2.97. The smallest absolute Gasteiger partial charge is 0.190 e. The number of aliphatic hydroxyl groups is 3. The maximum Gasteiger partial charge on any atom is 0.190 e. The fourth-order valence-electron chi connectivity index (χ4n) is 1.94. The highest BCUT2D eigenvalue weighted by Crippen LogP contribution is 2.38. The van der Waals surface area contributed by atoms with Gasteiger partial charge in [-0.2, -0.15) is 0 Å². The van der Waals surface area contributed by atoms with Crippen LogP contribution in [0.1, 0.15) is 13.8 Å². The minimum atomic E-state index is -1.12. The normalized spacial score (nSPS) is 45.4. The molecule has 6 heteroatoms. The van der Waals surface area contributed by atoms with Gasteiger partial charge in [0, 0.05) is 0 Å². The van der Waals surface area contributed by atoms with E-state index in [2.05, 4.69) is 0 Å². The topological polar surface area (TPSA) is 88.4 Å². The number of hydrogen-bond acceptors (Lipinski definition) is 6. The number of ether oxygens (including phenoxy) is 3. The zero-order valence-corrected chi connectivity index (χ0v) is 8.66. The van der Waals surface area contributed by atoms with Crippen molar-refractivity contribution in [3.05, 3.63) is 0 Å². The van der Waals surface area contributed by atoms with Crippen LogP contribution in [0.15, 0.2) is 0 Å². The first kappa shape index (κ1) is 11.3. The second-order valence-electron chi connectivity index (χ2n) is 4.31. The Labute approximate surface area is 87.4 Å². The average molecular weight is 220 g/mol. The van der Waals surface area contributed by atoms with E-state index < -0.39 is 43.1 Å². The van der Waals surface area contributed by atoms with E-state index in [-0.39, 0.29) is 0 Å². The highest BCUT2D eigenvalue weighted by Gasteiger charge is 2.55. The second-order valence-corrected chi connectivity index (χ2v) is 4.31. The van der Waals surface area contributed by atoms with Gasteiger partial charge >= 0.3 is 0 Å². The van der Waals surface area contributed by atoms with Crippen molar-refractivity contribution in [1.82, 2.24) is 0 Å². The third-order valence-electron chi connectivity index (χ3n) is 2.62. The van der Waals surface area contributed by atoms with E-state index in [1.807, 2.05) is 0 Å². The standard InChI is InChI=1S/C9H16O6/c1-9(2)14-7-5(12)6(4(11)3-10)13-8(7)15-9/h4-8,10-12H,3H2,1-2H3/t4?,5?,6-,7+,8-/m1/s1. The molecule has 2 saturated heterocycles. The van der Waals surface area contributed by atoms with E-state index in [9.17, 15) is 10.2 Å². The third kappa shape index (κ3) is 1.89. The van der Waals surface area contributed by atoms with Gasteiger partial charge in [-0.3, -0.25) is 0 Å². The van der Waals surface area contributed by atoms with Crippen molar-refractivity contribution in [3.63, 3.8) is 0 Å². The Bertz CT molecular complexity index is 243. The summed E-state index contributed by atoms with van der Waals surface area (Å²) in [5.41, 5.74) is 0. The molecule has 88 valence electrons. The number of hydrogen-bond donors (Lipinski definition) is 3. The molecule has 2 unspecified atom stereocenters. The lowest BCUT2D eigenvalue weighted by Crippen LogP contribution is -2.42. The SMILES string of the molecule is CC1(C)O[C@H]2O[C@H](C(O)CO)C(O)[C@@H]2O1. The molecule has 0 radical (unpaired) electrons. The van der Waals surface area contributed by atoms with Crippen LogP contribution in [0.4, 0.5) is 0 Å². The molecule has 5 atom stereocenters. The molecule has 2 rings (SSSR count). The van der Waals surface area contributed by atoms with Crippen LogP contribution >= 0.6 is 0 Å². The molecule has 0 spiro atoms. The predicted octanol–water partition coefficient (Wildman–Crippen LogP) is -1.42. The third-order valence-corrected chi connectivity index (χ3v) is 2.62. The number of fused-ring (bicyclic) bond motifs is 1. The van der Waals surface area contributed by atoms with Gasteiger partial charge < -0.3 is 29.5 Å².